The number of aliphatic hydroxyl groups is 1. The van der Waals surface area contributed by atoms with Crippen LogP contribution in [-0.2, 0) is 6.42 Å². The number of hydrogen-bond acceptors (Lipinski definition) is 6. The number of quaternary nitrogens is 1. The van der Waals surface area contributed by atoms with Crippen LogP contribution in [0.3, 0.4) is 0 Å². The highest BCUT2D eigenvalue weighted by atomic mass is 16.6. The molecule has 132 valence electrons. The van der Waals surface area contributed by atoms with E-state index < -0.39 is 11.0 Å². The van der Waals surface area contributed by atoms with Crippen LogP contribution >= 0.6 is 0 Å². The predicted octanol–water partition coefficient (Wildman–Crippen LogP) is -0.931. The molecule has 0 heterocycles. The Kier molecular flexibility index (Phi) is 12.4. The van der Waals surface area contributed by atoms with Gasteiger partial charge in [0.05, 0.1) is 32.7 Å². The SMILES string of the molecule is C[N+](C)(C)CCO.NC(=O)[O-].NCCc1ccc([N+](=O)[O-])cc1. The molecule has 1 rings (SSSR count). The zero-order valence-electron chi connectivity index (χ0n) is 13.8. The van der Waals surface area contributed by atoms with Crippen molar-refractivity contribution in [2.75, 3.05) is 40.8 Å². The van der Waals surface area contributed by atoms with Crippen LogP contribution < -0.4 is 16.6 Å². The van der Waals surface area contributed by atoms with Gasteiger partial charge in [0.15, 0.2) is 0 Å². The number of hydrogen-bond donors (Lipinski definition) is 3. The number of rotatable bonds is 5. The highest BCUT2D eigenvalue weighted by molar-refractivity contribution is 5.58. The second kappa shape index (κ2) is 12.3. The van der Waals surface area contributed by atoms with Gasteiger partial charge in [-0.25, -0.2) is 0 Å². The Morgan fingerprint density at radius 3 is 1.91 bits per heavy atom. The molecule has 1 aromatic rings. The minimum Gasteiger partial charge on any atom is -0.530 e. The molecule has 0 aliphatic rings. The minimum atomic E-state index is -1.58. The van der Waals surface area contributed by atoms with E-state index in [9.17, 15) is 10.1 Å². The average molecular weight is 330 g/mol. The second-order valence-electron chi connectivity index (χ2n) is 5.52. The van der Waals surface area contributed by atoms with E-state index in [1.807, 2.05) is 0 Å². The van der Waals surface area contributed by atoms with Gasteiger partial charge in [0.2, 0.25) is 0 Å². The van der Waals surface area contributed by atoms with Crippen molar-refractivity contribution in [2.45, 2.75) is 6.42 Å². The number of primary amides is 1. The topological polar surface area (TPSA) is 156 Å². The van der Waals surface area contributed by atoms with E-state index in [1.165, 1.54) is 12.1 Å². The lowest BCUT2D eigenvalue weighted by atomic mass is 10.1. The number of nitrogens with two attached hydrogens (primary N) is 2. The van der Waals surface area contributed by atoms with Crippen molar-refractivity contribution >= 4 is 11.8 Å². The summed E-state index contributed by atoms with van der Waals surface area (Å²) in [5, 5.41) is 27.3. The molecule has 0 bridgehead atoms. The van der Waals surface area contributed by atoms with Crippen LogP contribution in [0.2, 0.25) is 0 Å². The maximum absolute atomic E-state index is 10.3. The number of aliphatic hydroxyl groups excluding tert-OH is 1. The van der Waals surface area contributed by atoms with E-state index in [1.54, 1.807) is 12.1 Å². The largest absolute Gasteiger partial charge is 0.530 e. The third-order valence-electron chi connectivity index (χ3n) is 2.35. The Morgan fingerprint density at radius 2 is 1.70 bits per heavy atom. The molecule has 5 N–H and O–H groups in total. The smallest absolute Gasteiger partial charge is 0.269 e. The molecule has 0 fully saturated rings. The molecule has 0 aliphatic carbocycles. The Morgan fingerprint density at radius 1 is 1.26 bits per heavy atom. The Balaban J connectivity index is 0. The van der Waals surface area contributed by atoms with Crippen molar-refractivity contribution in [3.63, 3.8) is 0 Å². The van der Waals surface area contributed by atoms with Crippen molar-refractivity contribution in [1.82, 2.24) is 0 Å². The van der Waals surface area contributed by atoms with E-state index in [0.717, 1.165) is 23.0 Å². The summed E-state index contributed by atoms with van der Waals surface area (Å²) in [7, 11) is 6.16. The molecule has 0 saturated heterocycles. The Bertz CT molecular complexity index is 453. The van der Waals surface area contributed by atoms with Crippen molar-refractivity contribution < 1.29 is 24.4 Å². The van der Waals surface area contributed by atoms with Gasteiger partial charge in [0.1, 0.15) is 12.6 Å². The van der Waals surface area contributed by atoms with Gasteiger partial charge >= 0.3 is 0 Å². The minimum absolute atomic E-state index is 0.121. The van der Waals surface area contributed by atoms with Crippen LogP contribution in [0.4, 0.5) is 10.5 Å². The predicted molar refractivity (Wildman–Crippen MR) is 85.4 cm³/mol. The molecule has 1 amide bonds. The van der Waals surface area contributed by atoms with Crippen LogP contribution in [0.25, 0.3) is 0 Å². The maximum atomic E-state index is 10.3. The zero-order chi connectivity index (χ0) is 18.5. The van der Waals surface area contributed by atoms with Crippen LogP contribution in [0.1, 0.15) is 5.56 Å². The number of non-ortho nitro benzene ring substituents is 1. The molecule has 0 spiro atoms. The summed E-state index contributed by atoms with van der Waals surface area (Å²) in [5.74, 6) is 0. The van der Waals surface area contributed by atoms with Gasteiger partial charge in [-0.1, -0.05) is 12.1 Å². The third kappa shape index (κ3) is 17.7. The van der Waals surface area contributed by atoms with Crippen LogP contribution in [0.5, 0.6) is 0 Å². The van der Waals surface area contributed by atoms with Gasteiger partial charge in [0.25, 0.3) is 5.69 Å². The summed E-state index contributed by atoms with van der Waals surface area (Å²) in [5.41, 5.74) is 10.4. The monoisotopic (exact) mass is 330 g/mol. The second-order valence-corrected chi connectivity index (χ2v) is 5.52. The standard InChI is InChI=1S/C8H10N2O2.C5H14NO.CH3NO2/c9-6-5-7-1-3-8(4-2-7)10(11)12;1-6(2,3)4-5-7;2-1(3)4/h1-4H,5-6,9H2;7H,4-5H2,1-3H3;2H2,(H,3,4)/q;+1;/p-1. The number of carbonyl (C=O) groups is 1. The molecular formula is C14H26N4O5. The number of carbonyl (C=O) groups excluding carboxylic acids is 1. The van der Waals surface area contributed by atoms with Gasteiger partial charge in [0, 0.05) is 12.1 Å². The van der Waals surface area contributed by atoms with Crippen molar-refractivity contribution in [1.29, 1.82) is 0 Å². The number of amides is 1. The van der Waals surface area contributed by atoms with E-state index in [-0.39, 0.29) is 12.3 Å². The molecule has 9 heteroatoms. The number of nitro groups is 1. The lowest BCUT2D eigenvalue weighted by molar-refractivity contribution is -0.870. The molecule has 9 nitrogen and oxygen atoms in total. The molecule has 0 saturated carbocycles. The number of carboxylic acid groups (broad SMARTS) is 1. The number of benzene rings is 1. The number of nitrogens with zero attached hydrogens (tertiary/aromatic N) is 2. The highest BCUT2D eigenvalue weighted by Gasteiger charge is 2.03. The maximum Gasteiger partial charge on any atom is 0.269 e. The fourth-order valence-electron chi connectivity index (χ4n) is 1.25. The van der Waals surface area contributed by atoms with Gasteiger partial charge in [-0.15, -0.1) is 0 Å². The third-order valence-corrected chi connectivity index (χ3v) is 2.35. The zero-order valence-corrected chi connectivity index (χ0v) is 13.8. The molecule has 0 radical (unpaired) electrons. The lowest BCUT2D eigenvalue weighted by Crippen LogP contribution is -2.36. The highest BCUT2D eigenvalue weighted by Crippen LogP contribution is 2.11. The van der Waals surface area contributed by atoms with Gasteiger partial charge in [-0.2, -0.15) is 0 Å². The van der Waals surface area contributed by atoms with Crippen molar-refractivity contribution in [3.05, 3.63) is 39.9 Å². The summed E-state index contributed by atoms with van der Waals surface area (Å²) < 4.78 is 0.844. The van der Waals surface area contributed by atoms with E-state index in [2.05, 4.69) is 26.9 Å². The van der Waals surface area contributed by atoms with E-state index in [0.29, 0.717) is 6.54 Å². The summed E-state index contributed by atoms with van der Waals surface area (Å²) in [4.78, 5) is 18.5. The van der Waals surface area contributed by atoms with Gasteiger partial charge < -0.3 is 31.0 Å². The van der Waals surface area contributed by atoms with Crippen LogP contribution in [0, 0.1) is 10.1 Å². The normalized spacial score (nSPS) is 9.78. The van der Waals surface area contributed by atoms with E-state index in [4.69, 9.17) is 20.7 Å². The summed E-state index contributed by atoms with van der Waals surface area (Å²) in [6.07, 6.45) is -0.821. The first kappa shape index (κ1) is 23.0. The first-order valence-electron chi connectivity index (χ1n) is 6.84. The number of nitro benzene ring substituents is 1. The summed E-state index contributed by atoms with van der Waals surface area (Å²) in [6, 6.07) is 6.44. The fourth-order valence-corrected chi connectivity index (χ4v) is 1.25. The fraction of sp³-hybridized carbons (Fsp3) is 0.500. The Hall–Kier alpha value is -2.23. The molecule has 0 aliphatic heterocycles. The Labute approximate surface area is 135 Å². The molecule has 0 unspecified atom stereocenters. The first-order chi connectivity index (χ1) is 10.5. The molecule has 23 heavy (non-hydrogen) atoms. The van der Waals surface area contributed by atoms with Gasteiger partial charge in [-0.3, -0.25) is 10.1 Å². The summed E-state index contributed by atoms with van der Waals surface area (Å²) in [6.45, 7) is 1.68. The van der Waals surface area contributed by atoms with E-state index >= 15 is 0 Å². The molecule has 0 aromatic heterocycles. The number of likely N-dealkylation sites (N-methyl/N-ethyl adjacent to an activating group) is 1. The van der Waals surface area contributed by atoms with Crippen LogP contribution in [-0.4, -0.2) is 61.4 Å². The molecule has 0 atom stereocenters. The summed E-state index contributed by atoms with van der Waals surface area (Å²) >= 11 is 0. The lowest BCUT2D eigenvalue weighted by Gasteiger charge is -2.21. The van der Waals surface area contributed by atoms with Crippen molar-refractivity contribution in [3.8, 4) is 0 Å². The quantitative estimate of drug-likeness (QED) is 0.360. The molecular weight excluding hydrogens is 304 g/mol. The molecule has 1 aromatic carbocycles. The van der Waals surface area contributed by atoms with Crippen molar-refractivity contribution in [2.24, 2.45) is 11.5 Å². The van der Waals surface area contributed by atoms with Crippen LogP contribution in [0.15, 0.2) is 24.3 Å². The van der Waals surface area contributed by atoms with Gasteiger partial charge in [-0.05, 0) is 18.5 Å². The average Bonchev–Trinajstić information content (AvgIpc) is 2.38. The first-order valence-corrected chi connectivity index (χ1v) is 6.84.